The summed E-state index contributed by atoms with van der Waals surface area (Å²) in [5.41, 5.74) is 2.40. The molecule has 0 bridgehead atoms. The van der Waals surface area contributed by atoms with E-state index in [1.54, 1.807) is 43.1 Å². The lowest BCUT2D eigenvalue weighted by molar-refractivity contribution is 0.0493. The monoisotopic (exact) mass is 388 g/mol. The van der Waals surface area contributed by atoms with Crippen molar-refractivity contribution in [1.29, 1.82) is 5.26 Å². The van der Waals surface area contributed by atoms with Crippen molar-refractivity contribution in [3.05, 3.63) is 63.9 Å². The van der Waals surface area contributed by atoms with Crippen LogP contribution in [0.5, 0.6) is 0 Å². The average Bonchev–Trinajstić information content (AvgIpc) is 3.13. The van der Waals surface area contributed by atoms with Gasteiger partial charge in [-0.3, -0.25) is 0 Å². The Kier molecular flexibility index (Phi) is 5.49. The molecule has 0 spiro atoms. The van der Waals surface area contributed by atoms with E-state index in [9.17, 15) is 9.50 Å². The predicted molar refractivity (Wildman–Crippen MR) is 101 cm³/mol. The molecule has 1 aliphatic rings. The third kappa shape index (κ3) is 3.97. The van der Waals surface area contributed by atoms with E-state index in [0.29, 0.717) is 33.3 Å². The zero-order valence-corrected chi connectivity index (χ0v) is 15.5. The Hall–Kier alpha value is -2.82. The number of benzene rings is 2. The predicted octanol–water partition coefficient (Wildman–Crippen LogP) is 3.43. The molecule has 0 unspecified atom stereocenters. The third-order valence-electron chi connectivity index (χ3n) is 4.23. The van der Waals surface area contributed by atoms with Crippen LogP contribution in [-0.4, -0.2) is 35.0 Å². The molecule has 0 fully saturated rings. The summed E-state index contributed by atoms with van der Waals surface area (Å²) in [4.78, 5) is 0. The summed E-state index contributed by atoms with van der Waals surface area (Å²) in [6.07, 6.45) is -1.38. The van der Waals surface area contributed by atoms with E-state index in [4.69, 9.17) is 21.6 Å². The van der Waals surface area contributed by atoms with Crippen LogP contribution in [0.4, 0.5) is 10.1 Å². The van der Waals surface area contributed by atoms with Crippen molar-refractivity contribution in [3.63, 3.8) is 0 Å². The van der Waals surface area contributed by atoms with Crippen LogP contribution in [0.15, 0.2) is 41.5 Å². The highest BCUT2D eigenvalue weighted by Gasteiger charge is 2.28. The average molecular weight is 389 g/mol. The quantitative estimate of drug-likeness (QED) is 0.820. The second-order valence-corrected chi connectivity index (χ2v) is 6.54. The Morgan fingerprint density at radius 2 is 2.04 bits per heavy atom. The summed E-state index contributed by atoms with van der Waals surface area (Å²) in [7, 11) is 0. The molecular weight excluding hydrogens is 371 g/mol. The maximum Gasteiger partial charge on any atom is 0.240 e. The SMILES string of the molecule is Cc1c(N[C@H]([C@@H](C)O)N2COC(c3ccc(F)cc3)=N2)ccc(C#N)c1Cl. The summed E-state index contributed by atoms with van der Waals surface area (Å²) < 4.78 is 18.7. The third-order valence-corrected chi connectivity index (χ3v) is 4.72. The molecule has 2 aromatic carbocycles. The van der Waals surface area contributed by atoms with Crippen molar-refractivity contribution >= 4 is 23.2 Å². The van der Waals surface area contributed by atoms with E-state index in [1.807, 2.05) is 6.07 Å². The van der Waals surface area contributed by atoms with Crippen molar-refractivity contribution in [2.75, 3.05) is 12.0 Å². The lowest BCUT2D eigenvalue weighted by Gasteiger charge is -2.29. The second-order valence-electron chi connectivity index (χ2n) is 6.17. The van der Waals surface area contributed by atoms with E-state index < -0.39 is 12.3 Å². The minimum atomic E-state index is -0.793. The van der Waals surface area contributed by atoms with E-state index in [1.165, 1.54) is 12.1 Å². The molecule has 140 valence electrons. The number of nitrogens with one attached hydrogen (secondary N) is 1. The number of nitrogens with zero attached hydrogens (tertiary/aromatic N) is 3. The van der Waals surface area contributed by atoms with E-state index in [0.717, 1.165) is 0 Å². The molecule has 6 nitrogen and oxygen atoms in total. The summed E-state index contributed by atoms with van der Waals surface area (Å²) in [5, 5.41) is 28.8. The molecule has 1 aliphatic heterocycles. The fraction of sp³-hybridized carbons (Fsp3) is 0.263. The van der Waals surface area contributed by atoms with Crippen LogP contribution < -0.4 is 5.32 Å². The smallest absolute Gasteiger partial charge is 0.240 e. The van der Waals surface area contributed by atoms with Gasteiger partial charge < -0.3 is 15.2 Å². The number of rotatable bonds is 5. The van der Waals surface area contributed by atoms with Crippen molar-refractivity contribution in [2.24, 2.45) is 5.10 Å². The highest BCUT2D eigenvalue weighted by Crippen LogP contribution is 2.28. The van der Waals surface area contributed by atoms with Crippen LogP contribution in [0.2, 0.25) is 5.02 Å². The van der Waals surface area contributed by atoms with Gasteiger partial charge in [-0.25, -0.2) is 9.40 Å². The summed E-state index contributed by atoms with van der Waals surface area (Å²) in [5.74, 6) is 0.00271. The first kappa shape index (κ1) is 19.0. The van der Waals surface area contributed by atoms with Crippen molar-refractivity contribution in [3.8, 4) is 6.07 Å². The van der Waals surface area contributed by atoms with E-state index in [2.05, 4.69) is 10.4 Å². The number of hydrogen-bond acceptors (Lipinski definition) is 6. The Balaban J connectivity index is 1.84. The number of halogens is 2. The zero-order valence-electron chi connectivity index (χ0n) is 14.8. The molecule has 2 N–H and O–H groups in total. The molecule has 3 rings (SSSR count). The minimum Gasteiger partial charge on any atom is -0.453 e. The maximum absolute atomic E-state index is 13.1. The Bertz CT molecular complexity index is 909. The molecular formula is C19H18ClFN4O2. The maximum atomic E-state index is 13.1. The summed E-state index contributed by atoms with van der Waals surface area (Å²) in [6.45, 7) is 3.54. The summed E-state index contributed by atoms with van der Waals surface area (Å²) in [6, 6.07) is 11.2. The topological polar surface area (TPSA) is 80.9 Å². The second kappa shape index (κ2) is 7.82. The van der Waals surface area contributed by atoms with Crippen molar-refractivity contribution in [2.45, 2.75) is 26.1 Å². The molecule has 27 heavy (non-hydrogen) atoms. The van der Waals surface area contributed by atoms with Gasteiger partial charge in [0, 0.05) is 11.3 Å². The van der Waals surface area contributed by atoms with Gasteiger partial charge in [0.1, 0.15) is 18.1 Å². The van der Waals surface area contributed by atoms with Crippen LogP contribution in [0.1, 0.15) is 23.6 Å². The molecule has 2 aromatic rings. The number of hydrazone groups is 1. The van der Waals surface area contributed by atoms with Gasteiger partial charge in [-0.15, -0.1) is 5.10 Å². The first-order valence-electron chi connectivity index (χ1n) is 8.28. The molecule has 2 atom stereocenters. The number of ether oxygens (including phenoxy) is 1. The number of nitriles is 1. The van der Waals surface area contributed by atoms with Gasteiger partial charge in [-0.1, -0.05) is 11.6 Å². The molecule has 1 heterocycles. The lowest BCUT2D eigenvalue weighted by Crippen LogP contribution is -2.44. The van der Waals surface area contributed by atoms with Crippen LogP contribution >= 0.6 is 11.6 Å². The van der Waals surface area contributed by atoms with Gasteiger partial charge in [-0.05, 0) is 55.8 Å². The largest absolute Gasteiger partial charge is 0.453 e. The molecule has 0 saturated heterocycles. The van der Waals surface area contributed by atoms with Gasteiger partial charge >= 0.3 is 0 Å². The van der Waals surface area contributed by atoms with Crippen LogP contribution in [0, 0.1) is 24.1 Å². The molecule has 0 amide bonds. The number of aliphatic hydroxyl groups is 1. The van der Waals surface area contributed by atoms with Gasteiger partial charge in [0.15, 0.2) is 6.73 Å². The van der Waals surface area contributed by atoms with Crippen LogP contribution in [0.25, 0.3) is 0 Å². The van der Waals surface area contributed by atoms with Crippen molar-refractivity contribution < 1.29 is 14.2 Å². The van der Waals surface area contributed by atoms with Gasteiger partial charge in [0.25, 0.3) is 0 Å². The van der Waals surface area contributed by atoms with E-state index in [-0.39, 0.29) is 12.5 Å². The highest BCUT2D eigenvalue weighted by atomic mass is 35.5. The molecule has 8 heteroatoms. The first-order valence-corrected chi connectivity index (χ1v) is 8.66. The fourth-order valence-electron chi connectivity index (χ4n) is 2.71. The van der Waals surface area contributed by atoms with Gasteiger partial charge in [0.05, 0.1) is 16.7 Å². The zero-order chi connectivity index (χ0) is 19.6. The Labute approximate surface area is 161 Å². The Morgan fingerprint density at radius 3 is 2.67 bits per heavy atom. The Morgan fingerprint density at radius 1 is 1.33 bits per heavy atom. The lowest BCUT2D eigenvalue weighted by atomic mass is 10.1. The van der Waals surface area contributed by atoms with Gasteiger partial charge in [0.2, 0.25) is 5.90 Å². The highest BCUT2D eigenvalue weighted by molar-refractivity contribution is 6.32. The molecule has 0 aliphatic carbocycles. The summed E-state index contributed by atoms with van der Waals surface area (Å²) >= 11 is 6.22. The molecule has 0 radical (unpaired) electrons. The molecule has 0 saturated carbocycles. The number of hydrogen-bond donors (Lipinski definition) is 2. The first-order chi connectivity index (χ1) is 12.9. The fourth-order valence-corrected chi connectivity index (χ4v) is 2.92. The number of aliphatic hydroxyl groups excluding tert-OH is 1. The minimum absolute atomic E-state index is 0.123. The van der Waals surface area contributed by atoms with E-state index >= 15 is 0 Å². The number of anilines is 1. The molecule has 0 aromatic heterocycles. The normalized spacial score (nSPS) is 15.6. The van der Waals surface area contributed by atoms with Crippen LogP contribution in [-0.2, 0) is 4.74 Å². The van der Waals surface area contributed by atoms with Crippen molar-refractivity contribution in [1.82, 2.24) is 5.01 Å². The van der Waals surface area contributed by atoms with Crippen LogP contribution in [0.3, 0.4) is 0 Å². The standard InChI is InChI=1S/C19H18ClFN4O2/c1-11-16(8-5-14(9-22)17(11)20)23-18(12(2)26)25-10-27-19(24-25)13-3-6-15(21)7-4-13/h3-8,12,18,23,26H,10H2,1-2H3/t12-,18+/m1/s1. The van der Waals surface area contributed by atoms with Gasteiger partial charge in [-0.2, -0.15) is 5.26 Å².